The van der Waals surface area contributed by atoms with Crippen molar-refractivity contribution in [3.05, 3.63) is 0 Å². The Morgan fingerprint density at radius 2 is 1.50 bits per heavy atom. The van der Waals surface area contributed by atoms with Crippen LogP contribution in [0.3, 0.4) is 0 Å². The lowest BCUT2D eigenvalue weighted by Gasteiger charge is -2.39. The summed E-state index contributed by atoms with van der Waals surface area (Å²) >= 11 is 0. The molecule has 0 aromatic heterocycles. The molecule has 1 aliphatic heterocycles. The highest BCUT2D eigenvalue weighted by Gasteiger charge is 2.35. The Hall–Kier alpha value is -1.10. The SMILES string of the molecule is CCC(N)(CC)C(=O)N1CCN(C(=O)CC(C)C)CC1. The Labute approximate surface area is 122 Å². The third-order valence-corrected chi connectivity index (χ3v) is 4.19. The van der Waals surface area contributed by atoms with Gasteiger partial charge in [0, 0.05) is 32.6 Å². The molecular formula is C15H29N3O2. The predicted molar refractivity (Wildman–Crippen MR) is 80.1 cm³/mol. The summed E-state index contributed by atoms with van der Waals surface area (Å²) in [7, 11) is 0. The van der Waals surface area contributed by atoms with Crippen LogP contribution in [-0.4, -0.2) is 53.3 Å². The average molecular weight is 283 g/mol. The van der Waals surface area contributed by atoms with Crippen molar-refractivity contribution in [2.75, 3.05) is 26.2 Å². The average Bonchev–Trinajstić information content (AvgIpc) is 2.45. The standard InChI is InChI=1S/C15H29N3O2/c1-5-15(16,6-2)14(20)18-9-7-17(8-10-18)13(19)11-12(3)4/h12H,5-11,16H2,1-4H3. The van der Waals surface area contributed by atoms with Crippen LogP contribution in [-0.2, 0) is 9.59 Å². The van der Waals surface area contributed by atoms with Crippen LogP contribution in [0.2, 0.25) is 0 Å². The quantitative estimate of drug-likeness (QED) is 0.825. The lowest BCUT2D eigenvalue weighted by molar-refractivity contribution is -0.143. The van der Waals surface area contributed by atoms with E-state index in [9.17, 15) is 9.59 Å². The van der Waals surface area contributed by atoms with Gasteiger partial charge in [0.25, 0.3) is 0 Å². The molecule has 1 aliphatic rings. The van der Waals surface area contributed by atoms with Crippen LogP contribution in [0.1, 0.15) is 47.0 Å². The molecule has 116 valence electrons. The van der Waals surface area contributed by atoms with Crippen molar-refractivity contribution in [3.8, 4) is 0 Å². The number of hydrogen-bond donors (Lipinski definition) is 1. The summed E-state index contributed by atoms with van der Waals surface area (Å²) in [6, 6.07) is 0. The maximum atomic E-state index is 12.4. The van der Waals surface area contributed by atoms with Gasteiger partial charge < -0.3 is 15.5 Å². The normalized spacial score (nSPS) is 16.7. The highest BCUT2D eigenvalue weighted by atomic mass is 16.2. The number of nitrogens with zero attached hydrogens (tertiary/aromatic N) is 2. The van der Waals surface area contributed by atoms with Crippen molar-refractivity contribution in [1.82, 2.24) is 9.80 Å². The largest absolute Gasteiger partial charge is 0.339 e. The zero-order valence-electron chi connectivity index (χ0n) is 13.3. The van der Waals surface area contributed by atoms with Gasteiger partial charge in [-0.05, 0) is 18.8 Å². The van der Waals surface area contributed by atoms with Crippen molar-refractivity contribution in [1.29, 1.82) is 0 Å². The van der Waals surface area contributed by atoms with E-state index >= 15 is 0 Å². The van der Waals surface area contributed by atoms with E-state index < -0.39 is 5.54 Å². The van der Waals surface area contributed by atoms with E-state index in [0.717, 1.165) is 0 Å². The summed E-state index contributed by atoms with van der Waals surface area (Å²) in [6.07, 6.45) is 1.88. The molecule has 0 radical (unpaired) electrons. The van der Waals surface area contributed by atoms with Crippen molar-refractivity contribution in [2.45, 2.75) is 52.5 Å². The van der Waals surface area contributed by atoms with Gasteiger partial charge in [0.1, 0.15) is 0 Å². The number of hydrogen-bond acceptors (Lipinski definition) is 3. The second kappa shape index (κ2) is 7.07. The minimum absolute atomic E-state index is 0.0264. The summed E-state index contributed by atoms with van der Waals surface area (Å²) in [5.41, 5.74) is 5.41. The Bertz CT molecular complexity index is 343. The molecule has 5 nitrogen and oxygen atoms in total. The summed E-state index contributed by atoms with van der Waals surface area (Å²) in [5.74, 6) is 0.592. The van der Waals surface area contributed by atoms with Gasteiger partial charge in [-0.1, -0.05) is 27.7 Å². The number of amides is 2. The molecular weight excluding hydrogens is 254 g/mol. The fraction of sp³-hybridized carbons (Fsp3) is 0.867. The smallest absolute Gasteiger partial charge is 0.242 e. The predicted octanol–water partition coefficient (Wildman–Crippen LogP) is 1.22. The van der Waals surface area contributed by atoms with Gasteiger partial charge in [-0.15, -0.1) is 0 Å². The van der Waals surface area contributed by atoms with E-state index in [4.69, 9.17) is 5.73 Å². The van der Waals surface area contributed by atoms with Gasteiger partial charge in [0.15, 0.2) is 0 Å². The van der Waals surface area contributed by atoms with Crippen LogP contribution in [0.25, 0.3) is 0 Å². The van der Waals surface area contributed by atoms with Crippen molar-refractivity contribution in [2.24, 2.45) is 11.7 Å². The van der Waals surface area contributed by atoms with E-state index in [1.165, 1.54) is 0 Å². The first kappa shape index (κ1) is 17.0. The summed E-state index contributed by atoms with van der Waals surface area (Å²) in [5, 5.41) is 0. The van der Waals surface area contributed by atoms with Gasteiger partial charge in [-0.2, -0.15) is 0 Å². The maximum Gasteiger partial charge on any atom is 0.242 e. The van der Waals surface area contributed by atoms with E-state index in [1.807, 2.05) is 37.5 Å². The molecule has 20 heavy (non-hydrogen) atoms. The number of nitrogens with two attached hydrogens (primary N) is 1. The van der Waals surface area contributed by atoms with Crippen molar-refractivity contribution < 1.29 is 9.59 Å². The fourth-order valence-electron chi connectivity index (χ4n) is 2.50. The van der Waals surface area contributed by atoms with E-state index in [0.29, 0.717) is 51.4 Å². The number of carbonyl (C=O) groups excluding carboxylic acids is 2. The van der Waals surface area contributed by atoms with Gasteiger partial charge in [-0.3, -0.25) is 9.59 Å². The van der Waals surface area contributed by atoms with Crippen molar-refractivity contribution >= 4 is 11.8 Å². The molecule has 0 spiro atoms. The molecule has 1 heterocycles. The number of piperazine rings is 1. The molecule has 1 saturated heterocycles. The highest BCUT2D eigenvalue weighted by molar-refractivity contribution is 5.86. The Morgan fingerprint density at radius 1 is 1.05 bits per heavy atom. The molecule has 1 fully saturated rings. The Morgan fingerprint density at radius 3 is 1.90 bits per heavy atom. The van der Waals surface area contributed by atoms with Crippen LogP contribution in [0.15, 0.2) is 0 Å². The van der Waals surface area contributed by atoms with Gasteiger partial charge in [-0.25, -0.2) is 0 Å². The van der Waals surface area contributed by atoms with Crippen LogP contribution < -0.4 is 5.73 Å². The maximum absolute atomic E-state index is 12.4. The molecule has 0 saturated carbocycles. The first-order chi connectivity index (χ1) is 9.34. The number of rotatable bonds is 5. The van der Waals surface area contributed by atoms with Crippen LogP contribution in [0, 0.1) is 5.92 Å². The molecule has 0 bridgehead atoms. The number of carbonyl (C=O) groups is 2. The minimum atomic E-state index is -0.746. The molecule has 0 atom stereocenters. The van der Waals surface area contributed by atoms with Crippen LogP contribution in [0.5, 0.6) is 0 Å². The molecule has 0 aliphatic carbocycles. The van der Waals surface area contributed by atoms with Crippen LogP contribution >= 0.6 is 0 Å². The van der Waals surface area contributed by atoms with E-state index in [2.05, 4.69) is 0 Å². The lowest BCUT2D eigenvalue weighted by Crippen LogP contribution is -2.59. The highest BCUT2D eigenvalue weighted by Crippen LogP contribution is 2.17. The fourth-order valence-corrected chi connectivity index (χ4v) is 2.50. The minimum Gasteiger partial charge on any atom is -0.339 e. The topological polar surface area (TPSA) is 66.6 Å². The van der Waals surface area contributed by atoms with Gasteiger partial charge in [0.05, 0.1) is 5.54 Å². The Balaban J connectivity index is 2.54. The molecule has 0 aromatic carbocycles. The second-order valence-electron chi connectivity index (χ2n) is 6.13. The van der Waals surface area contributed by atoms with Crippen LogP contribution in [0.4, 0.5) is 0 Å². The first-order valence-electron chi connectivity index (χ1n) is 7.70. The summed E-state index contributed by atoms with van der Waals surface area (Å²) in [6.45, 7) is 10.4. The molecule has 2 N–H and O–H groups in total. The molecule has 1 rings (SSSR count). The molecule has 0 unspecified atom stereocenters. The first-order valence-corrected chi connectivity index (χ1v) is 7.70. The molecule has 5 heteroatoms. The summed E-state index contributed by atoms with van der Waals surface area (Å²) in [4.78, 5) is 28.1. The molecule has 0 aromatic rings. The molecule has 2 amide bonds. The van der Waals surface area contributed by atoms with E-state index in [1.54, 1.807) is 0 Å². The van der Waals surface area contributed by atoms with Gasteiger partial charge in [0.2, 0.25) is 11.8 Å². The lowest BCUT2D eigenvalue weighted by atomic mass is 9.92. The second-order valence-corrected chi connectivity index (χ2v) is 6.13. The van der Waals surface area contributed by atoms with Crippen molar-refractivity contribution in [3.63, 3.8) is 0 Å². The Kier molecular flexibility index (Phi) is 5.99. The van der Waals surface area contributed by atoms with E-state index in [-0.39, 0.29) is 11.8 Å². The van der Waals surface area contributed by atoms with Gasteiger partial charge >= 0.3 is 0 Å². The third-order valence-electron chi connectivity index (χ3n) is 4.19. The zero-order chi connectivity index (χ0) is 15.3. The zero-order valence-corrected chi connectivity index (χ0v) is 13.3. The summed E-state index contributed by atoms with van der Waals surface area (Å²) < 4.78 is 0. The third kappa shape index (κ3) is 3.95. The monoisotopic (exact) mass is 283 g/mol.